The molecule has 0 atom stereocenters. The van der Waals surface area contributed by atoms with Crippen molar-refractivity contribution >= 4 is 29.0 Å². The van der Waals surface area contributed by atoms with Gasteiger partial charge in [-0.3, -0.25) is 0 Å². The van der Waals surface area contributed by atoms with E-state index >= 15 is 0 Å². The number of benzene rings is 2. The van der Waals surface area contributed by atoms with Gasteiger partial charge in [0.25, 0.3) is 0 Å². The maximum atomic E-state index is 8.85. The fourth-order valence-electron chi connectivity index (χ4n) is 1.90. The smallest absolute Gasteiger partial charge is 0.175 e. The van der Waals surface area contributed by atoms with Crippen LogP contribution in [0.5, 0.6) is 11.5 Å². The van der Waals surface area contributed by atoms with Crippen LogP contribution in [-0.4, -0.2) is 11.0 Å². The topological polar surface area (TPSA) is 67.8 Å². The summed E-state index contributed by atoms with van der Waals surface area (Å²) in [5.74, 6) is 0.896. The molecule has 0 bridgehead atoms. The molecule has 110 valence electrons. The maximum absolute atomic E-state index is 8.85. The minimum Gasteiger partial charge on any atom is -0.457 e. The summed E-state index contributed by atoms with van der Waals surface area (Å²) in [5.41, 5.74) is 6.96. The highest BCUT2D eigenvalue weighted by molar-refractivity contribution is 6.34. The molecule has 21 heavy (non-hydrogen) atoms. The van der Waals surface area contributed by atoms with Crippen LogP contribution >= 0.6 is 23.2 Å². The number of hydrogen-bond acceptors (Lipinski definition) is 3. The first-order valence-corrected chi connectivity index (χ1v) is 7.05. The second-order valence-corrected chi connectivity index (χ2v) is 5.12. The fourth-order valence-corrected chi connectivity index (χ4v) is 2.41. The third kappa shape index (κ3) is 3.40. The van der Waals surface area contributed by atoms with Crippen molar-refractivity contribution < 1.29 is 9.94 Å². The molecule has 0 aromatic heterocycles. The summed E-state index contributed by atoms with van der Waals surface area (Å²) in [7, 11) is 0. The quantitative estimate of drug-likeness (QED) is 0.378. The SMILES string of the molecule is CCc1cc(Oc2cccc(Cl)c2C(N)=NO)ccc1Cl. The molecule has 0 spiro atoms. The lowest BCUT2D eigenvalue weighted by molar-refractivity contribution is 0.318. The molecule has 2 aromatic rings. The Morgan fingerprint density at radius 2 is 2.00 bits per heavy atom. The molecule has 0 heterocycles. The van der Waals surface area contributed by atoms with Crippen LogP contribution in [-0.2, 0) is 6.42 Å². The lowest BCUT2D eigenvalue weighted by Crippen LogP contribution is -2.14. The lowest BCUT2D eigenvalue weighted by Gasteiger charge is -2.12. The van der Waals surface area contributed by atoms with E-state index in [2.05, 4.69) is 5.16 Å². The van der Waals surface area contributed by atoms with Gasteiger partial charge in [0.2, 0.25) is 0 Å². The number of amidine groups is 1. The van der Waals surface area contributed by atoms with Crippen molar-refractivity contribution in [3.05, 3.63) is 57.6 Å². The van der Waals surface area contributed by atoms with Gasteiger partial charge < -0.3 is 15.7 Å². The van der Waals surface area contributed by atoms with Crippen LogP contribution in [0, 0.1) is 0 Å². The van der Waals surface area contributed by atoms with Crippen molar-refractivity contribution in [1.29, 1.82) is 0 Å². The normalized spacial score (nSPS) is 11.5. The molecule has 2 aromatic carbocycles. The number of oxime groups is 1. The van der Waals surface area contributed by atoms with Crippen molar-refractivity contribution in [2.45, 2.75) is 13.3 Å². The van der Waals surface area contributed by atoms with Gasteiger partial charge in [-0.15, -0.1) is 0 Å². The predicted molar refractivity (Wildman–Crippen MR) is 84.9 cm³/mol. The van der Waals surface area contributed by atoms with E-state index in [0.29, 0.717) is 27.1 Å². The van der Waals surface area contributed by atoms with Crippen LogP contribution in [0.1, 0.15) is 18.1 Å². The largest absolute Gasteiger partial charge is 0.457 e. The van der Waals surface area contributed by atoms with E-state index < -0.39 is 0 Å². The van der Waals surface area contributed by atoms with E-state index in [4.69, 9.17) is 38.9 Å². The summed E-state index contributed by atoms with van der Waals surface area (Å²) >= 11 is 12.2. The third-order valence-corrected chi connectivity index (χ3v) is 3.65. The summed E-state index contributed by atoms with van der Waals surface area (Å²) in [6.07, 6.45) is 0.790. The molecule has 0 saturated carbocycles. The van der Waals surface area contributed by atoms with Gasteiger partial charge in [0.05, 0.1) is 10.6 Å². The molecule has 0 fully saturated rings. The molecule has 2 rings (SSSR count). The standard InChI is InChI=1S/C15H14Cl2N2O2/c1-2-9-8-10(6-7-11(9)16)21-13-5-3-4-12(17)14(13)15(18)19-20/h3-8,20H,2H2,1H3,(H2,18,19). The summed E-state index contributed by atoms with van der Waals surface area (Å²) in [4.78, 5) is 0. The van der Waals surface area contributed by atoms with Gasteiger partial charge in [-0.25, -0.2) is 0 Å². The number of halogens is 2. The van der Waals surface area contributed by atoms with E-state index in [9.17, 15) is 0 Å². The Morgan fingerprint density at radius 3 is 2.67 bits per heavy atom. The molecule has 0 aliphatic carbocycles. The molecule has 0 radical (unpaired) electrons. The van der Waals surface area contributed by atoms with Gasteiger partial charge in [0.15, 0.2) is 5.84 Å². The van der Waals surface area contributed by atoms with E-state index in [1.54, 1.807) is 30.3 Å². The Balaban J connectivity index is 2.43. The molecule has 0 saturated heterocycles. The minimum absolute atomic E-state index is 0.111. The van der Waals surface area contributed by atoms with Crippen LogP contribution < -0.4 is 10.5 Å². The number of rotatable bonds is 4. The zero-order valence-electron chi connectivity index (χ0n) is 11.3. The summed E-state index contributed by atoms with van der Waals surface area (Å²) < 4.78 is 5.80. The molecule has 6 heteroatoms. The van der Waals surface area contributed by atoms with Crippen molar-refractivity contribution in [3.8, 4) is 11.5 Å². The van der Waals surface area contributed by atoms with E-state index in [0.717, 1.165) is 12.0 Å². The highest BCUT2D eigenvalue weighted by Crippen LogP contribution is 2.32. The zero-order chi connectivity index (χ0) is 15.4. The lowest BCUT2D eigenvalue weighted by atomic mass is 10.1. The van der Waals surface area contributed by atoms with Gasteiger partial charge >= 0.3 is 0 Å². The average molecular weight is 325 g/mol. The summed E-state index contributed by atoms with van der Waals surface area (Å²) in [6, 6.07) is 10.4. The molecule has 0 aliphatic rings. The number of nitrogens with zero attached hydrogens (tertiary/aromatic N) is 1. The van der Waals surface area contributed by atoms with Gasteiger partial charge in [-0.1, -0.05) is 41.3 Å². The highest BCUT2D eigenvalue weighted by Gasteiger charge is 2.14. The van der Waals surface area contributed by atoms with Crippen LogP contribution in [0.4, 0.5) is 0 Å². The van der Waals surface area contributed by atoms with Gasteiger partial charge in [-0.05, 0) is 42.3 Å². The first-order chi connectivity index (χ1) is 10.1. The first kappa shape index (κ1) is 15.5. The Labute approximate surface area is 132 Å². The summed E-state index contributed by atoms with van der Waals surface area (Å²) in [5, 5.41) is 12.9. The minimum atomic E-state index is -0.111. The molecule has 4 nitrogen and oxygen atoms in total. The summed E-state index contributed by atoms with van der Waals surface area (Å²) in [6.45, 7) is 2.01. The Morgan fingerprint density at radius 1 is 1.24 bits per heavy atom. The van der Waals surface area contributed by atoms with Gasteiger partial charge in [0.1, 0.15) is 11.5 Å². The zero-order valence-corrected chi connectivity index (χ0v) is 12.8. The van der Waals surface area contributed by atoms with E-state index in [-0.39, 0.29) is 5.84 Å². The average Bonchev–Trinajstić information content (AvgIpc) is 2.48. The van der Waals surface area contributed by atoms with Crippen LogP contribution in [0.25, 0.3) is 0 Å². The second-order valence-electron chi connectivity index (χ2n) is 4.31. The fraction of sp³-hybridized carbons (Fsp3) is 0.133. The Hall–Kier alpha value is -1.91. The van der Waals surface area contributed by atoms with Crippen LogP contribution in [0.3, 0.4) is 0 Å². The number of aryl methyl sites for hydroxylation is 1. The van der Waals surface area contributed by atoms with Crippen LogP contribution in [0.15, 0.2) is 41.6 Å². The molecular weight excluding hydrogens is 311 g/mol. The molecule has 0 aliphatic heterocycles. The third-order valence-electron chi connectivity index (χ3n) is 2.97. The molecule has 0 amide bonds. The highest BCUT2D eigenvalue weighted by atomic mass is 35.5. The van der Waals surface area contributed by atoms with E-state index in [1.807, 2.05) is 13.0 Å². The Kier molecular flexibility index (Phi) is 4.94. The van der Waals surface area contributed by atoms with Gasteiger partial charge in [-0.2, -0.15) is 0 Å². The predicted octanol–water partition coefficient (Wildman–Crippen LogP) is 4.44. The van der Waals surface area contributed by atoms with Crippen LogP contribution in [0.2, 0.25) is 10.0 Å². The Bertz CT molecular complexity index is 687. The molecule has 3 N–H and O–H groups in total. The maximum Gasteiger partial charge on any atom is 0.175 e. The second kappa shape index (κ2) is 6.70. The number of nitrogens with two attached hydrogens (primary N) is 1. The molecule has 0 unspecified atom stereocenters. The number of hydrogen-bond donors (Lipinski definition) is 2. The number of ether oxygens (including phenoxy) is 1. The van der Waals surface area contributed by atoms with Crippen molar-refractivity contribution in [2.24, 2.45) is 10.9 Å². The first-order valence-electron chi connectivity index (χ1n) is 6.29. The van der Waals surface area contributed by atoms with Crippen molar-refractivity contribution in [3.63, 3.8) is 0 Å². The van der Waals surface area contributed by atoms with E-state index in [1.165, 1.54) is 0 Å². The van der Waals surface area contributed by atoms with Crippen molar-refractivity contribution in [2.75, 3.05) is 0 Å². The van der Waals surface area contributed by atoms with Crippen molar-refractivity contribution in [1.82, 2.24) is 0 Å². The monoisotopic (exact) mass is 324 g/mol. The molecular formula is C15H14Cl2N2O2. The van der Waals surface area contributed by atoms with Gasteiger partial charge in [0, 0.05) is 5.02 Å².